The van der Waals surface area contributed by atoms with Gasteiger partial charge in [0.25, 0.3) is 0 Å². The molecule has 0 fully saturated rings. The van der Waals surface area contributed by atoms with Crippen molar-refractivity contribution in [2.24, 2.45) is 0 Å². The Balaban J connectivity index is 2.41. The second kappa shape index (κ2) is 5.55. The van der Waals surface area contributed by atoms with Crippen molar-refractivity contribution in [3.63, 3.8) is 0 Å². The van der Waals surface area contributed by atoms with Gasteiger partial charge in [-0.15, -0.1) is 11.6 Å². The lowest BCUT2D eigenvalue weighted by Crippen LogP contribution is -2.05. The number of halogens is 5. The number of hydrogen-bond acceptors (Lipinski definition) is 1. The molecule has 0 spiro atoms. The third-order valence-corrected chi connectivity index (χ3v) is 3.94. The fraction of sp³-hybridized carbons (Fsp3) is 0.0714. The standard InChI is InChI=1S/C14H7BrCl2F2N2/c15-7-3-9(18)14(10(19)4-7)21-12-5-8(17)1-2-11(12)20-13(21)6-16/h1-5H,6H2. The van der Waals surface area contributed by atoms with Crippen molar-refractivity contribution in [2.75, 3.05) is 0 Å². The van der Waals surface area contributed by atoms with E-state index in [1.807, 2.05) is 0 Å². The van der Waals surface area contributed by atoms with Crippen LogP contribution in [0.5, 0.6) is 0 Å². The van der Waals surface area contributed by atoms with Crippen LogP contribution in [-0.4, -0.2) is 9.55 Å². The summed E-state index contributed by atoms with van der Waals surface area (Å²) in [5, 5.41) is 0.447. The number of nitrogens with zero attached hydrogens (tertiary/aromatic N) is 2. The van der Waals surface area contributed by atoms with E-state index in [-0.39, 0.29) is 11.6 Å². The molecule has 0 saturated carbocycles. The van der Waals surface area contributed by atoms with Gasteiger partial charge in [-0.25, -0.2) is 13.8 Å². The Morgan fingerprint density at radius 3 is 2.43 bits per heavy atom. The highest BCUT2D eigenvalue weighted by molar-refractivity contribution is 9.10. The molecule has 7 heteroatoms. The van der Waals surface area contributed by atoms with Crippen LogP contribution in [0.4, 0.5) is 8.78 Å². The summed E-state index contributed by atoms with van der Waals surface area (Å²) < 4.78 is 30.1. The molecule has 0 radical (unpaired) electrons. The summed E-state index contributed by atoms with van der Waals surface area (Å²) in [7, 11) is 0. The molecular formula is C14H7BrCl2F2N2. The summed E-state index contributed by atoms with van der Waals surface area (Å²) in [6, 6.07) is 7.31. The maximum absolute atomic E-state index is 14.2. The van der Waals surface area contributed by atoms with Crippen LogP contribution in [0.15, 0.2) is 34.8 Å². The maximum Gasteiger partial charge on any atom is 0.151 e. The van der Waals surface area contributed by atoms with Gasteiger partial charge in [-0.05, 0) is 30.3 Å². The average Bonchev–Trinajstić information content (AvgIpc) is 2.76. The molecule has 0 unspecified atom stereocenters. The van der Waals surface area contributed by atoms with E-state index in [0.29, 0.717) is 26.4 Å². The summed E-state index contributed by atoms with van der Waals surface area (Å²) in [5.74, 6) is -1.07. The minimum Gasteiger partial charge on any atom is -0.290 e. The highest BCUT2D eigenvalue weighted by Gasteiger charge is 2.19. The lowest BCUT2D eigenvalue weighted by atomic mass is 10.2. The number of hydrogen-bond donors (Lipinski definition) is 0. The fourth-order valence-corrected chi connectivity index (χ4v) is 2.93. The zero-order chi connectivity index (χ0) is 15.1. The molecule has 21 heavy (non-hydrogen) atoms. The van der Waals surface area contributed by atoms with Gasteiger partial charge in [-0.1, -0.05) is 27.5 Å². The first-order chi connectivity index (χ1) is 10.0. The smallest absolute Gasteiger partial charge is 0.151 e. The van der Waals surface area contributed by atoms with Crippen molar-refractivity contribution in [1.29, 1.82) is 0 Å². The first kappa shape index (κ1) is 14.8. The monoisotopic (exact) mass is 390 g/mol. The Labute approximate surface area is 137 Å². The van der Waals surface area contributed by atoms with Crippen molar-refractivity contribution in [3.05, 3.63) is 57.3 Å². The molecule has 0 aliphatic heterocycles. The molecule has 0 aliphatic carbocycles. The van der Waals surface area contributed by atoms with E-state index in [0.717, 1.165) is 0 Å². The van der Waals surface area contributed by atoms with Crippen LogP contribution in [0, 0.1) is 11.6 Å². The maximum atomic E-state index is 14.2. The highest BCUT2D eigenvalue weighted by Crippen LogP contribution is 2.30. The molecule has 2 nitrogen and oxygen atoms in total. The molecule has 2 aromatic carbocycles. The molecule has 108 valence electrons. The first-order valence-electron chi connectivity index (χ1n) is 5.89. The summed E-state index contributed by atoms with van der Waals surface area (Å²) >= 11 is 14.9. The molecular weight excluding hydrogens is 385 g/mol. The molecule has 1 heterocycles. The van der Waals surface area contributed by atoms with Crippen molar-refractivity contribution in [3.8, 4) is 5.69 Å². The predicted octanol–water partition coefficient (Wildman–Crippen LogP) is 5.46. The first-order valence-corrected chi connectivity index (χ1v) is 7.59. The van der Waals surface area contributed by atoms with E-state index < -0.39 is 11.6 Å². The minimum atomic E-state index is -0.715. The Kier molecular flexibility index (Phi) is 3.90. The summed E-state index contributed by atoms with van der Waals surface area (Å²) in [6.45, 7) is 0. The zero-order valence-corrected chi connectivity index (χ0v) is 13.5. The number of benzene rings is 2. The molecule has 0 N–H and O–H groups in total. The summed E-state index contributed by atoms with van der Waals surface area (Å²) in [4.78, 5) is 4.28. The van der Waals surface area contributed by atoms with Gasteiger partial charge in [-0.2, -0.15) is 0 Å². The van der Waals surface area contributed by atoms with Gasteiger partial charge in [0.15, 0.2) is 11.6 Å². The van der Waals surface area contributed by atoms with Gasteiger partial charge >= 0.3 is 0 Å². The van der Waals surface area contributed by atoms with Crippen molar-refractivity contribution < 1.29 is 8.78 Å². The summed E-state index contributed by atoms with van der Waals surface area (Å²) in [6.07, 6.45) is 0. The third kappa shape index (κ3) is 2.54. The Bertz CT molecular complexity index is 825. The predicted molar refractivity (Wildman–Crippen MR) is 83.3 cm³/mol. The van der Waals surface area contributed by atoms with Gasteiger partial charge in [0, 0.05) is 9.50 Å². The average molecular weight is 392 g/mol. The van der Waals surface area contributed by atoms with E-state index in [2.05, 4.69) is 20.9 Å². The lowest BCUT2D eigenvalue weighted by Gasteiger charge is -2.11. The van der Waals surface area contributed by atoms with Crippen LogP contribution >= 0.6 is 39.1 Å². The molecule has 0 bridgehead atoms. The Hall–Kier alpha value is -1.17. The molecule has 1 aromatic heterocycles. The quantitative estimate of drug-likeness (QED) is 0.530. The number of alkyl halides is 1. The zero-order valence-electron chi connectivity index (χ0n) is 10.4. The van der Waals surface area contributed by atoms with Gasteiger partial charge in [-0.3, -0.25) is 4.57 Å². The largest absolute Gasteiger partial charge is 0.290 e. The second-order valence-corrected chi connectivity index (χ2v) is 5.97. The molecule has 3 aromatic rings. The van der Waals surface area contributed by atoms with Gasteiger partial charge in [0.05, 0.1) is 16.9 Å². The van der Waals surface area contributed by atoms with Crippen LogP contribution in [0.25, 0.3) is 16.7 Å². The van der Waals surface area contributed by atoms with E-state index in [1.54, 1.807) is 18.2 Å². The Morgan fingerprint density at radius 2 is 1.81 bits per heavy atom. The third-order valence-electron chi connectivity index (χ3n) is 3.01. The van der Waals surface area contributed by atoms with Crippen LogP contribution in [0.3, 0.4) is 0 Å². The lowest BCUT2D eigenvalue weighted by molar-refractivity contribution is 0.567. The van der Waals surface area contributed by atoms with Crippen LogP contribution in [-0.2, 0) is 5.88 Å². The van der Waals surface area contributed by atoms with Gasteiger partial charge in [0.1, 0.15) is 11.5 Å². The molecule has 0 atom stereocenters. The number of aromatic nitrogens is 2. The van der Waals surface area contributed by atoms with E-state index in [9.17, 15) is 8.78 Å². The molecule has 0 amide bonds. The highest BCUT2D eigenvalue weighted by atomic mass is 79.9. The Morgan fingerprint density at radius 1 is 1.14 bits per heavy atom. The van der Waals surface area contributed by atoms with E-state index in [4.69, 9.17) is 23.2 Å². The normalized spacial score (nSPS) is 11.3. The van der Waals surface area contributed by atoms with Crippen LogP contribution in [0.1, 0.15) is 5.82 Å². The summed E-state index contributed by atoms with van der Waals surface area (Å²) in [5.41, 5.74) is 0.841. The van der Waals surface area contributed by atoms with Crippen LogP contribution < -0.4 is 0 Å². The number of imidazole rings is 1. The van der Waals surface area contributed by atoms with Crippen LogP contribution in [0.2, 0.25) is 5.02 Å². The fourth-order valence-electron chi connectivity index (χ4n) is 2.19. The topological polar surface area (TPSA) is 17.8 Å². The molecule has 0 aliphatic rings. The van der Waals surface area contributed by atoms with Gasteiger partial charge in [0.2, 0.25) is 0 Å². The van der Waals surface area contributed by atoms with E-state index >= 15 is 0 Å². The SMILES string of the molecule is Fc1cc(Br)cc(F)c1-n1c(CCl)nc2ccc(Cl)cc21. The van der Waals surface area contributed by atoms with Gasteiger partial charge < -0.3 is 0 Å². The minimum absolute atomic E-state index is 0.0151. The van der Waals surface area contributed by atoms with Crippen molar-refractivity contribution >= 4 is 50.2 Å². The number of rotatable bonds is 2. The second-order valence-electron chi connectivity index (χ2n) is 4.35. The molecule has 0 saturated heterocycles. The van der Waals surface area contributed by atoms with Crippen molar-refractivity contribution in [2.45, 2.75) is 5.88 Å². The van der Waals surface area contributed by atoms with Crippen molar-refractivity contribution in [1.82, 2.24) is 9.55 Å². The van der Waals surface area contributed by atoms with E-state index in [1.165, 1.54) is 16.7 Å². The molecule has 3 rings (SSSR count). The number of fused-ring (bicyclic) bond motifs is 1.